The molecule has 3 heterocycles. The maximum absolute atomic E-state index is 14.1. The van der Waals surface area contributed by atoms with Gasteiger partial charge in [0, 0.05) is 54.8 Å². The first-order chi connectivity index (χ1) is 18.6. The molecule has 3 amide bonds. The molecule has 5 rings (SSSR count). The van der Waals surface area contributed by atoms with Crippen LogP contribution in [-0.4, -0.2) is 81.6 Å². The number of nitrogens with zero attached hydrogens (tertiary/aromatic N) is 4. The van der Waals surface area contributed by atoms with Gasteiger partial charge in [-0.3, -0.25) is 14.4 Å². The minimum absolute atomic E-state index is 0.0309. The lowest BCUT2D eigenvalue weighted by Crippen LogP contribution is -2.61. The lowest BCUT2D eigenvalue weighted by atomic mass is 9.97. The maximum atomic E-state index is 14.1. The van der Waals surface area contributed by atoms with Crippen molar-refractivity contribution in [1.29, 1.82) is 0 Å². The lowest BCUT2D eigenvalue weighted by Gasteiger charge is -2.43. The Balaban J connectivity index is 1.45. The van der Waals surface area contributed by atoms with Crippen molar-refractivity contribution in [2.24, 2.45) is 0 Å². The number of aromatic nitrogens is 1. The quantitative estimate of drug-likeness (QED) is 0.321. The predicted molar refractivity (Wildman–Crippen MR) is 155 cm³/mol. The summed E-state index contributed by atoms with van der Waals surface area (Å²) >= 11 is 3.61. The fourth-order valence-electron chi connectivity index (χ4n) is 5.84. The summed E-state index contributed by atoms with van der Waals surface area (Å²) in [5.74, 6) is 0.772. The van der Waals surface area contributed by atoms with Crippen LogP contribution in [0.1, 0.15) is 32.7 Å². The third-order valence-electron chi connectivity index (χ3n) is 8.14. The summed E-state index contributed by atoms with van der Waals surface area (Å²) in [6, 6.07) is 10.0. The van der Waals surface area contributed by atoms with Crippen LogP contribution in [0.25, 0.3) is 10.9 Å². The predicted octanol–water partition coefficient (Wildman–Crippen LogP) is 3.95. The Morgan fingerprint density at radius 1 is 1.18 bits per heavy atom. The van der Waals surface area contributed by atoms with Gasteiger partial charge in [-0.05, 0) is 49.6 Å². The van der Waals surface area contributed by atoms with Crippen molar-refractivity contribution >= 4 is 44.6 Å². The number of amides is 3. The summed E-state index contributed by atoms with van der Waals surface area (Å²) in [5, 5.41) is 0.842. The normalized spacial score (nSPS) is 15.1. The van der Waals surface area contributed by atoms with Gasteiger partial charge in [-0.15, -0.1) is 0 Å². The monoisotopic (exact) mass is 593 g/mol. The number of likely N-dealkylation sites (N-methyl/N-ethyl adjacent to an activating group) is 1. The fraction of sp³-hybridized carbons (Fsp3) is 0.367. The zero-order valence-corrected chi connectivity index (χ0v) is 24.4. The van der Waals surface area contributed by atoms with Crippen molar-refractivity contribution in [2.75, 3.05) is 33.8 Å². The molecule has 0 bridgehead atoms. The molecule has 1 aromatic heterocycles. The molecule has 2 aromatic carbocycles. The zero-order chi connectivity index (χ0) is 28.0. The SMILES string of the molecule is C=CC(=O)N1CC(N(C)C(=O)Cn2c(C)c(C(=O)N3CCc4c(cccc4[OH+]C)C3)c3cc(Br)cc(C)c32)C1. The van der Waals surface area contributed by atoms with Crippen molar-refractivity contribution in [2.45, 2.75) is 39.4 Å². The van der Waals surface area contributed by atoms with E-state index in [9.17, 15) is 14.4 Å². The number of likely N-dealkylation sites (tertiary alicyclic amines) is 1. The highest BCUT2D eigenvalue weighted by atomic mass is 79.9. The lowest BCUT2D eigenvalue weighted by molar-refractivity contribution is -0.142. The first-order valence-electron chi connectivity index (χ1n) is 13.1. The third-order valence-corrected chi connectivity index (χ3v) is 8.60. The molecule has 1 N–H and O–H groups in total. The van der Waals surface area contributed by atoms with E-state index >= 15 is 0 Å². The van der Waals surface area contributed by atoms with Gasteiger partial charge in [-0.25, -0.2) is 0 Å². The van der Waals surface area contributed by atoms with E-state index < -0.39 is 0 Å². The van der Waals surface area contributed by atoms with E-state index in [1.165, 1.54) is 11.6 Å². The Morgan fingerprint density at radius 3 is 2.62 bits per heavy atom. The molecule has 204 valence electrons. The van der Waals surface area contributed by atoms with Crippen molar-refractivity contribution < 1.29 is 19.1 Å². The van der Waals surface area contributed by atoms with E-state index in [4.69, 9.17) is 0 Å². The smallest absolute Gasteiger partial charge is 0.258 e. The summed E-state index contributed by atoms with van der Waals surface area (Å²) < 4.78 is 7.26. The van der Waals surface area contributed by atoms with Gasteiger partial charge in [0.05, 0.1) is 22.7 Å². The Bertz CT molecular complexity index is 1500. The maximum Gasteiger partial charge on any atom is 0.258 e. The van der Waals surface area contributed by atoms with Gasteiger partial charge < -0.3 is 24.0 Å². The molecule has 0 unspecified atom stereocenters. The molecule has 0 aliphatic carbocycles. The molecule has 39 heavy (non-hydrogen) atoms. The number of halogens is 1. The number of hydrogen-bond donors (Lipinski definition) is 0. The average Bonchev–Trinajstić information content (AvgIpc) is 3.16. The van der Waals surface area contributed by atoms with E-state index in [-0.39, 0.29) is 30.3 Å². The molecule has 1 fully saturated rings. The van der Waals surface area contributed by atoms with Crippen LogP contribution >= 0.6 is 15.9 Å². The molecule has 0 radical (unpaired) electrons. The van der Waals surface area contributed by atoms with Crippen LogP contribution in [0.4, 0.5) is 0 Å². The zero-order valence-electron chi connectivity index (χ0n) is 22.8. The Hall–Kier alpha value is -3.59. The second-order valence-corrected chi connectivity index (χ2v) is 11.3. The van der Waals surface area contributed by atoms with E-state index in [2.05, 4.69) is 33.3 Å². The number of hydrogen-bond acceptors (Lipinski definition) is 3. The van der Waals surface area contributed by atoms with E-state index in [0.717, 1.165) is 44.4 Å². The summed E-state index contributed by atoms with van der Waals surface area (Å²) in [4.78, 5) is 44.6. The molecule has 8 nitrogen and oxygen atoms in total. The molecule has 2 aliphatic heterocycles. The first kappa shape index (κ1) is 27.0. The summed E-state index contributed by atoms with van der Waals surface area (Å²) in [6.45, 7) is 9.71. The Labute approximate surface area is 236 Å². The number of aliphatic hydroxyl groups is 1. The molecule has 9 heteroatoms. The molecular weight excluding hydrogens is 560 g/mol. The minimum Gasteiger partial charge on any atom is -0.584 e. The standard InChI is InChI=1S/C30H33BrN4O4/c1-6-26(36)34-15-22(16-34)32(4)27(37)17-35-19(3)28(24-13-21(31)12-18(2)29(24)35)30(38)33-11-10-23-20(14-33)8-7-9-25(23)39-5/h6-9,12-13,22H,1,10-11,14-17H2,2-5H3/p+1. The number of fused-ring (bicyclic) bond motifs is 2. The van der Waals surface area contributed by atoms with Gasteiger partial charge in [-0.2, -0.15) is 0 Å². The molecule has 0 saturated carbocycles. The molecule has 1 saturated heterocycles. The van der Waals surface area contributed by atoms with Crippen molar-refractivity contribution in [3.05, 3.63) is 75.4 Å². The number of aromatic hydroxyl groups is 1. The summed E-state index contributed by atoms with van der Waals surface area (Å²) in [6.07, 6.45) is 2.05. The Kier molecular flexibility index (Phi) is 7.29. The van der Waals surface area contributed by atoms with Gasteiger partial charge in [0.1, 0.15) is 6.54 Å². The largest absolute Gasteiger partial charge is 0.584 e. The van der Waals surface area contributed by atoms with Crippen LogP contribution in [0.3, 0.4) is 0 Å². The van der Waals surface area contributed by atoms with Crippen molar-refractivity contribution in [1.82, 2.24) is 19.3 Å². The number of aryl methyl sites for hydroxylation is 1. The molecule has 0 spiro atoms. The van der Waals surface area contributed by atoms with Crippen LogP contribution in [0.5, 0.6) is 5.75 Å². The van der Waals surface area contributed by atoms with E-state index in [1.54, 1.807) is 24.0 Å². The van der Waals surface area contributed by atoms with Crippen LogP contribution < -0.4 is 0 Å². The van der Waals surface area contributed by atoms with Gasteiger partial charge in [-0.1, -0.05) is 34.6 Å². The van der Waals surface area contributed by atoms with Crippen LogP contribution in [0.2, 0.25) is 0 Å². The van der Waals surface area contributed by atoms with Crippen molar-refractivity contribution in [3.8, 4) is 5.75 Å². The number of carbonyl (C=O) groups is 3. The van der Waals surface area contributed by atoms with E-state index in [1.807, 2.05) is 47.6 Å². The van der Waals surface area contributed by atoms with Crippen molar-refractivity contribution in [3.63, 3.8) is 0 Å². The highest BCUT2D eigenvalue weighted by molar-refractivity contribution is 9.10. The molecule has 3 aromatic rings. The van der Waals surface area contributed by atoms with Crippen LogP contribution in [0, 0.1) is 13.8 Å². The second kappa shape index (κ2) is 10.5. The average molecular weight is 595 g/mol. The number of carbonyl (C=O) groups excluding carboxylic acids is 3. The van der Waals surface area contributed by atoms with Gasteiger partial charge >= 0.3 is 0 Å². The number of ether oxygens (including phenoxy) is 1. The number of benzene rings is 2. The minimum atomic E-state index is -0.121. The summed E-state index contributed by atoms with van der Waals surface area (Å²) in [5.41, 5.74) is 5.62. The third kappa shape index (κ3) is 4.73. The fourth-order valence-corrected chi connectivity index (χ4v) is 6.41. The van der Waals surface area contributed by atoms with E-state index in [0.29, 0.717) is 31.7 Å². The molecule has 0 atom stereocenters. The summed E-state index contributed by atoms with van der Waals surface area (Å²) in [7, 11) is 3.58. The van der Waals surface area contributed by atoms with Crippen LogP contribution in [-0.2, 0) is 29.1 Å². The number of rotatable bonds is 6. The highest BCUT2D eigenvalue weighted by Crippen LogP contribution is 2.35. The highest BCUT2D eigenvalue weighted by Gasteiger charge is 2.35. The van der Waals surface area contributed by atoms with Crippen LogP contribution in [0.15, 0.2) is 47.5 Å². The molecular formula is C30H34BrN4O4+. The topological polar surface area (TPSA) is 78.7 Å². The molecule has 2 aliphatic rings. The first-order valence-corrected chi connectivity index (χ1v) is 13.9. The van der Waals surface area contributed by atoms with Gasteiger partial charge in [0.15, 0.2) is 7.11 Å². The van der Waals surface area contributed by atoms with Gasteiger partial charge in [0.2, 0.25) is 11.8 Å². The Morgan fingerprint density at radius 2 is 1.92 bits per heavy atom. The van der Waals surface area contributed by atoms with Gasteiger partial charge in [0.25, 0.3) is 11.7 Å². The second-order valence-electron chi connectivity index (χ2n) is 10.4.